The van der Waals surface area contributed by atoms with Crippen LogP contribution in [-0.2, 0) is 5.41 Å². The Hall–Kier alpha value is -2.55. The summed E-state index contributed by atoms with van der Waals surface area (Å²) in [4.78, 5) is 0. The molecule has 1 aliphatic rings. The van der Waals surface area contributed by atoms with E-state index in [-0.39, 0.29) is 16.9 Å². The SMILES string of the molecule is CCC1(C)C(/C=C/c2ccc(O)cc2O)=[N+](C)c2ccccc21. The Morgan fingerprint density at radius 2 is 1.83 bits per heavy atom. The maximum absolute atomic E-state index is 9.96. The number of phenols is 2. The molecule has 23 heavy (non-hydrogen) atoms. The highest BCUT2D eigenvalue weighted by Gasteiger charge is 2.44. The highest BCUT2D eigenvalue weighted by Crippen LogP contribution is 2.41. The molecule has 0 radical (unpaired) electrons. The van der Waals surface area contributed by atoms with Crippen molar-refractivity contribution in [1.29, 1.82) is 0 Å². The molecule has 2 N–H and O–H groups in total. The number of aromatic hydroxyl groups is 2. The molecule has 3 heteroatoms. The maximum Gasteiger partial charge on any atom is 0.209 e. The Labute approximate surface area is 136 Å². The molecule has 0 saturated carbocycles. The van der Waals surface area contributed by atoms with Gasteiger partial charge in [-0.05, 0) is 31.6 Å². The van der Waals surface area contributed by atoms with E-state index in [0.717, 1.165) is 6.42 Å². The summed E-state index contributed by atoms with van der Waals surface area (Å²) in [5.41, 5.74) is 4.41. The van der Waals surface area contributed by atoms with E-state index in [2.05, 4.69) is 55.8 Å². The highest BCUT2D eigenvalue weighted by molar-refractivity contribution is 6.05. The predicted octanol–water partition coefficient (Wildman–Crippen LogP) is 4.21. The lowest BCUT2D eigenvalue weighted by molar-refractivity contribution is -0.401. The van der Waals surface area contributed by atoms with Crippen LogP contribution >= 0.6 is 0 Å². The van der Waals surface area contributed by atoms with Gasteiger partial charge in [-0.3, -0.25) is 0 Å². The van der Waals surface area contributed by atoms with E-state index in [9.17, 15) is 10.2 Å². The first-order valence-corrected chi connectivity index (χ1v) is 7.88. The van der Waals surface area contributed by atoms with Gasteiger partial charge in [0.1, 0.15) is 18.5 Å². The number of allylic oxidation sites excluding steroid dienone is 1. The van der Waals surface area contributed by atoms with Crippen molar-refractivity contribution in [3.8, 4) is 11.5 Å². The average Bonchev–Trinajstić information content (AvgIpc) is 2.76. The summed E-state index contributed by atoms with van der Waals surface area (Å²) in [6, 6.07) is 13.1. The van der Waals surface area contributed by atoms with Gasteiger partial charge in [0.25, 0.3) is 0 Å². The Morgan fingerprint density at radius 3 is 2.52 bits per heavy atom. The Bertz CT molecular complexity index is 820. The van der Waals surface area contributed by atoms with Gasteiger partial charge in [0.15, 0.2) is 5.71 Å². The first-order chi connectivity index (χ1) is 11.0. The average molecular weight is 308 g/mol. The van der Waals surface area contributed by atoms with E-state index in [1.54, 1.807) is 12.1 Å². The monoisotopic (exact) mass is 308 g/mol. The summed E-state index contributed by atoms with van der Waals surface area (Å²) in [6.45, 7) is 4.45. The van der Waals surface area contributed by atoms with Gasteiger partial charge in [-0.25, -0.2) is 0 Å². The van der Waals surface area contributed by atoms with Crippen LogP contribution in [0.15, 0.2) is 48.5 Å². The summed E-state index contributed by atoms with van der Waals surface area (Å²) < 4.78 is 2.22. The summed E-state index contributed by atoms with van der Waals surface area (Å²) in [7, 11) is 2.08. The van der Waals surface area contributed by atoms with Gasteiger partial charge < -0.3 is 10.2 Å². The molecule has 0 saturated heterocycles. The number of para-hydroxylation sites is 1. The van der Waals surface area contributed by atoms with Crippen molar-refractivity contribution in [2.75, 3.05) is 7.05 Å². The highest BCUT2D eigenvalue weighted by atomic mass is 16.3. The van der Waals surface area contributed by atoms with Crippen molar-refractivity contribution < 1.29 is 14.8 Å². The summed E-state index contributed by atoms with van der Waals surface area (Å²) in [5, 5.41) is 19.4. The minimum absolute atomic E-state index is 0.0472. The van der Waals surface area contributed by atoms with Gasteiger partial charge in [-0.1, -0.05) is 25.1 Å². The van der Waals surface area contributed by atoms with Crippen molar-refractivity contribution in [3.05, 3.63) is 59.7 Å². The lowest BCUT2D eigenvalue weighted by Gasteiger charge is -2.19. The van der Waals surface area contributed by atoms with Gasteiger partial charge in [0.2, 0.25) is 5.69 Å². The molecular weight excluding hydrogens is 286 g/mol. The fourth-order valence-corrected chi connectivity index (χ4v) is 3.38. The third kappa shape index (κ3) is 2.42. The summed E-state index contributed by atoms with van der Waals surface area (Å²) in [6.07, 6.45) is 4.96. The van der Waals surface area contributed by atoms with E-state index in [4.69, 9.17) is 0 Å². The molecule has 1 aliphatic heterocycles. The molecule has 0 spiro atoms. The first-order valence-electron chi connectivity index (χ1n) is 7.88. The Balaban J connectivity index is 2.05. The lowest BCUT2D eigenvalue weighted by Crippen LogP contribution is -2.29. The Morgan fingerprint density at radius 1 is 1.09 bits per heavy atom. The van der Waals surface area contributed by atoms with Crippen LogP contribution in [0.4, 0.5) is 5.69 Å². The van der Waals surface area contributed by atoms with Crippen LogP contribution in [0.5, 0.6) is 11.5 Å². The zero-order chi connectivity index (χ0) is 16.6. The molecule has 2 aromatic carbocycles. The van der Waals surface area contributed by atoms with Crippen LogP contribution in [0, 0.1) is 0 Å². The van der Waals surface area contributed by atoms with Gasteiger partial charge in [-0.2, -0.15) is 4.58 Å². The molecule has 3 nitrogen and oxygen atoms in total. The molecule has 1 unspecified atom stereocenters. The van der Waals surface area contributed by atoms with Crippen LogP contribution in [0.3, 0.4) is 0 Å². The minimum atomic E-state index is -0.0472. The summed E-state index contributed by atoms with van der Waals surface area (Å²) >= 11 is 0. The standard InChI is InChI=1S/C20H21NO2/c1-4-20(2)16-7-5-6-8-17(16)21(3)19(20)12-10-14-9-11-15(22)13-18(14)23/h5-13H,4H2,1-3H3,(H,22,23)/p+1. The third-order valence-electron chi connectivity index (χ3n) is 4.93. The van der Waals surface area contributed by atoms with Crippen molar-refractivity contribution in [2.24, 2.45) is 0 Å². The second-order valence-corrected chi connectivity index (χ2v) is 6.22. The van der Waals surface area contributed by atoms with E-state index in [1.807, 2.05) is 6.08 Å². The molecule has 118 valence electrons. The van der Waals surface area contributed by atoms with E-state index >= 15 is 0 Å². The molecule has 0 amide bonds. The topological polar surface area (TPSA) is 43.5 Å². The smallest absolute Gasteiger partial charge is 0.209 e. The second-order valence-electron chi connectivity index (χ2n) is 6.22. The largest absolute Gasteiger partial charge is 0.508 e. The molecule has 0 aromatic heterocycles. The van der Waals surface area contributed by atoms with E-state index in [1.165, 1.54) is 23.0 Å². The number of hydrogen-bond donors (Lipinski definition) is 2. The van der Waals surface area contributed by atoms with Crippen LogP contribution in [0.25, 0.3) is 6.08 Å². The van der Waals surface area contributed by atoms with E-state index in [0.29, 0.717) is 5.56 Å². The number of fused-ring (bicyclic) bond motifs is 1. The zero-order valence-corrected chi connectivity index (χ0v) is 13.7. The fraction of sp³-hybridized carbons (Fsp3) is 0.250. The normalized spacial score (nSPS) is 20.3. The zero-order valence-electron chi connectivity index (χ0n) is 13.7. The molecule has 0 bridgehead atoms. The molecule has 1 heterocycles. The molecule has 3 rings (SSSR count). The first kappa shape index (κ1) is 15.3. The van der Waals surface area contributed by atoms with Crippen LogP contribution in [-0.4, -0.2) is 27.5 Å². The third-order valence-corrected chi connectivity index (χ3v) is 4.93. The number of phenolic OH excluding ortho intramolecular Hbond substituents is 2. The number of benzene rings is 2. The quantitative estimate of drug-likeness (QED) is 0.834. The number of hydrogen-bond acceptors (Lipinski definition) is 2. The number of nitrogens with zero attached hydrogens (tertiary/aromatic N) is 1. The van der Waals surface area contributed by atoms with Crippen LogP contribution in [0.1, 0.15) is 31.4 Å². The van der Waals surface area contributed by atoms with Gasteiger partial charge in [0.05, 0.1) is 5.41 Å². The Kier molecular flexibility index (Phi) is 3.72. The molecule has 1 atom stereocenters. The minimum Gasteiger partial charge on any atom is -0.508 e. The molecule has 0 aliphatic carbocycles. The second kappa shape index (κ2) is 5.58. The molecule has 2 aromatic rings. The van der Waals surface area contributed by atoms with Crippen molar-refractivity contribution in [2.45, 2.75) is 25.7 Å². The number of rotatable bonds is 3. The molecule has 0 fully saturated rings. The fourth-order valence-electron chi connectivity index (χ4n) is 3.38. The predicted molar refractivity (Wildman–Crippen MR) is 93.7 cm³/mol. The van der Waals surface area contributed by atoms with E-state index < -0.39 is 0 Å². The maximum atomic E-state index is 9.96. The van der Waals surface area contributed by atoms with Gasteiger partial charge in [-0.15, -0.1) is 0 Å². The van der Waals surface area contributed by atoms with Crippen molar-refractivity contribution in [1.82, 2.24) is 0 Å². The van der Waals surface area contributed by atoms with Gasteiger partial charge in [0, 0.05) is 29.3 Å². The van der Waals surface area contributed by atoms with Crippen molar-refractivity contribution >= 4 is 17.5 Å². The van der Waals surface area contributed by atoms with Crippen LogP contribution < -0.4 is 0 Å². The van der Waals surface area contributed by atoms with Crippen LogP contribution in [0.2, 0.25) is 0 Å². The molecular formula is C20H22NO2+. The summed E-state index contributed by atoms with van der Waals surface area (Å²) in [5.74, 6) is 0.148. The lowest BCUT2D eigenvalue weighted by atomic mass is 9.77. The van der Waals surface area contributed by atoms with Gasteiger partial charge >= 0.3 is 0 Å². The van der Waals surface area contributed by atoms with Crippen molar-refractivity contribution in [3.63, 3.8) is 0 Å².